The summed E-state index contributed by atoms with van der Waals surface area (Å²) in [6.45, 7) is 0.473. The van der Waals surface area contributed by atoms with Gasteiger partial charge in [0.1, 0.15) is 18.2 Å². The minimum Gasteiger partial charge on any atom is -0.489 e. The highest BCUT2D eigenvalue weighted by Gasteiger charge is 2.34. The first-order chi connectivity index (χ1) is 13.5. The molecule has 146 valence electrons. The normalized spacial score (nSPS) is 15.5. The van der Waals surface area contributed by atoms with Crippen molar-refractivity contribution in [3.63, 3.8) is 0 Å². The van der Waals surface area contributed by atoms with Crippen molar-refractivity contribution in [3.8, 4) is 5.75 Å². The standard InChI is InChI=1S/C20H17ClFNO4S/c1-26-9-8-23-19(24)18(28-20(23)25)11-13-4-2-5-14(10-13)27-12-15-16(21)6-3-7-17(15)22/h2-7,10-11H,8-9,12H2,1H3/b18-11+. The Kier molecular flexibility index (Phi) is 6.72. The maximum atomic E-state index is 13.8. The first kappa shape index (κ1) is 20.4. The van der Waals surface area contributed by atoms with Gasteiger partial charge in [-0.1, -0.05) is 29.8 Å². The molecular formula is C20H17ClFNO4S. The Balaban J connectivity index is 1.72. The van der Waals surface area contributed by atoms with E-state index in [0.717, 1.165) is 16.7 Å². The van der Waals surface area contributed by atoms with E-state index >= 15 is 0 Å². The zero-order valence-corrected chi connectivity index (χ0v) is 16.6. The van der Waals surface area contributed by atoms with Gasteiger partial charge in [0.2, 0.25) is 0 Å². The summed E-state index contributed by atoms with van der Waals surface area (Å²) in [7, 11) is 1.51. The lowest BCUT2D eigenvalue weighted by Crippen LogP contribution is -2.31. The quantitative estimate of drug-likeness (QED) is 0.604. The Hall–Kier alpha value is -2.35. The van der Waals surface area contributed by atoms with E-state index in [1.807, 2.05) is 0 Å². The number of carbonyl (C=O) groups is 2. The largest absolute Gasteiger partial charge is 0.489 e. The summed E-state index contributed by atoms with van der Waals surface area (Å²) in [5, 5.41) is -0.0317. The van der Waals surface area contributed by atoms with E-state index < -0.39 is 5.82 Å². The number of thioether (sulfide) groups is 1. The minimum absolute atomic E-state index is 0.0253. The van der Waals surface area contributed by atoms with Gasteiger partial charge in [0.15, 0.2) is 0 Å². The van der Waals surface area contributed by atoms with Gasteiger partial charge in [-0.2, -0.15) is 0 Å². The molecule has 1 aliphatic heterocycles. The van der Waals surface area contributed by atoms with Crippen LogP contribution in [0.25, 0.3) is 6.08 Å². The Bertz CT molecular complexity index is 914. The fourth-order valence-electron chi connectivity index (χ4n) is 2.55. The van der Waals surface area contributed by atoms with Gasteiger partial charge in [0.25, 0.3) is 11.1 Å². The number of benzene rings is 2. The van der Waals surface area contributed by atoms with Crippen molar-refractivity contribution in [1.82, 2.24) is 4.90 Å². The van der Waals surface area contributed by atoms with E-state index in [4.69, 9.17) is 21.1 Å². The summed E-state index contributed by atoms with van der Waals surface area (Å²) in [6, 6.07) is 11.4. The van der Waals surface area contributed by atoms with Crippen molar-refractivity contribution in [1.29, 1.82) is 0 Å². The summed E-state index contributed by atoms with van der Waals surface area (Å²) in [5.41, 5.74) is 0.961. The smallest absolute Gasteiger partial charge is 0.293 e. The molecule has 0 saturated carbocycles. The Morgan fingerprint density at radius 3 is 2.75 bits per heavy atom. The molecule has 0 bridgehead atoms. The maximum Gasteiger partial charge on any atom is 0.293 e. The van der Waals surface area contributed by atoms with Gasteiger partial charge < -0.3 is 9.47 Å². The molecule has 3 rings (SSSR count). The molecule has 28 heavy (non-hydrogen) atoms. The van der Waals surface area contributed by atoms with Gasteiger partial charge in [0, 0.05) is 12.7 Å². The van der Waals surface area contributed by atoms with Crippen LogP contribution in [0, 0.1) is 5.82 Å². The van der Waals surface area contributed by atoms with Crippen LogP contribution in [0.3, 0.4) is 0 Å². The molecule has 0 aliphatic carbocycles. The molecule has 1 fully saturated rings. The van der Waals surface area contributed by atoms with Crippen LogP contribution in [-0.2, 0) is 16.1 Å². The van der Waals surface area contributed by atoms with E-state index in [1.54, 1.807) is 36.4 Å². The van der Waals surface area contributed by atoms with E-state index in [9.17, 15) is 14.0 Å². The van der Waals surface area contributed by atoms with Gasteiger partial charge in [-0.15, -0.1) is 0 Å². The van der Waals surface area contributed by atoms with Gasteiger partial charge in [0.05, 0.1) is 23.1 Å². The molecule has 1 aliphatic rings. The number of imide groups is 1. The first-order valence-corrected chi connectivity index (χ1v) is 9.59. The van der Waals surface area contributed by atoms with E-state index in [-0.39, 0.29) is 36.5 Å². The maximum absolute atomic E-state index is 13.8. The molecule has 1 saturated heterocycles. The third-order valence-corrected chi connectivity index (χ3v) is 5.25. The first-order valence-electron chi connectivity index (χ1n) is 8.39. The predicted octanol–water partition coefficient (Wildman–Crippen LogP) is 4.74. The van der Waals surface area contributed by atoms with Crippen LogP contribution in [0.5, 0.6) is 5.75 Å². The Morgan fingerprint density at radius 2 is 2.00 bits per heavy atom. The summed E-state index contributed by atoms with van der Waals surface area (Å²) in [6.07, 6.45) is 1.63. The lowest BCUT2D eigenvalue weighted by molar-refractivity contribution is -0.123. The molecule has 0 atom stereocenters. The molecule has 2 amide bonds. The number of rotatable bonds is 7. The van der Waals surface area contributed by atoms with Crippen molar-refractivity contribution in [3.05, 3.63) is 69.3 Å². The topological polar surface area (TPSA) is 55.8 Å². The molecule has 5 nitrogen and oxygen atoms in total. The fourth-order valence-corrected chi connectivity index (χ4v) is 3.63. The second kappa shape index (κ2) is 9.23. The van der Waals surface area contributed by atoms with Crippen molar-refractivity contribution in [2.24, 2.45) is 0 Å². The van der Waals surface area contributed by atoms with Crippen LogP contribution in [-0.4, -0.2) is 36.3 Å². The molecule has 8 heteroatoms. The predicted molar refractivity (Wildman–Crippen MR) is 107 cm³/mol. The molecule has 1 heterocycles. The van der Waals surface area contributed by atoms with Crippen LogP contribution in [0.1, 0.15) is 11.1 Å². The van der Waals surface area contributed by atoms with Crippen LogP contribution in [0.15, 0.2) is 47.4 Å². The summed E-state index contributed by atoms with van der Waals surface area (Å²) >= 11 is 6.89. The summed E-state index contributed by atoms with van der Waals surface area (Å²) in [4.78, 5) is 25.8. The fraction of sp³-hybridized carbons (Fsp3) is 0.200. The van der Waals surface area contributed by atoms with Crippen LogP contribution in [0.2, 0.25) is 5.02 Å². The van der Waals surface area contributed by atoms with Crippen molar-refractivity contribution in [2.75, 3.05) is 20.3 Å². The molecule has 0 spiro atoms. The number of methoxy groups -OCH3 is 1. The number of halogens is 2. The van der Waals surface area contributed by atoms with Gasteiger partial charge >= 0.3 is 0 Å². The van der Waals surface area contributed by atoms with Crippen LogP contribution in [0.4, 0.5) is 9.18 Å². The average molecular weight is 422 g/mol. The van der Waals surface area contributed by atoms with Crippen LogP contribution < -0.4 is 4.74 Å². The monoisotopic (exact) mass is 421 g/mol. The summed E-state index contributed by atoms with van der Waals surface area (Å²) in [5.74, 6) is -0.295. The van der Waals surface area contributed by atoms with E-state index in [0.29, 0.717) is 21.2 Å². The summed E-state index contributed by atoms with van der Waals surface area (Å²) < 4.78 is 24.4. The highest BCUT2D eigenvalue weighted by atomic mass is 35.5. The Morgan fingerprint density at radius 1 is 1.21 bits per heavy atom. The van der Waals surface area contributed by atoms with Crippen molar-refractivity contribution < 1.29 is 23.5 Å². The van der Waals surface area contributed by atoms with Gasteiger partial charge in [-0.25, -0.2) is 4.39 Å². The second-order valence-electron chi connectivity index (χ2n) is 5.89. The number of nitrogens with zero attached hydrogens (tertiary/aromatic N) is 1. The molecule has 2 aromatic carbocycles. The van der Waals surface area contributed by atoms with Gasteiger partial charge in [-0.3, -0.25) is 14.5 Å². The lowest BCUT2D eigenvalue weighted by Gasteiger charge is -2.11. The molecule has 0 radical (unpaired) electrons. The van der Waals surface area contributed by atoms with E-state index in [2.05, 4.69) is 0 Å². The number of amides is 2. The highest BCUT2D eigenvalue weighted by molar-refractivity contribution is 8.18. The molecular weight excluding hydrogens is 405 g/mol. The number of hydrogen-bond acceptors (Lipinski definition) is 5. The van der Waals surface area contributed by atoms with Crippen molar-refractivity contribution >= 4 is 40.6 Å². The average Bonchev–Trinajstić information content (AvgIpc) is 2.93. The number of ether oxygens (including phenoxy) is 2. The second-order valence-corrected chi connectivity index (χ2v) is 7.29. The van der Waals surface area contributed by atoms with Crippen molar-refractivity contribution in [2.45, 2.75) is 6.61 Å². The minimum atomic E-state index is -0.437. The van der Waals surface area contributed by atoms with Gasteiger partial charge in [-0.05, 0) is 47.7 Å². The zero-order chi connectivity index (χ0) is 20.1. The lowest BCUT2D eigenvalue weighted by atomic mass is 10.2. The Labute approximate surface area is 171 Å². The highest BCUT2D eigenvalue weighted by Crippen LogP contribution is 2.32. The third kappa shape index (κ3) is 4.73. The van der Waals surface area contributed by atoms with E-state index in [1.165, 1.54) is 19.2 Å². The molecule has 0 aromatic heterocycles. The molecule has 0 N–H and O–H groups in total. The van der Waals surface area contributed by atoms with Crippen LogP contribution >= 0.6 is 23.4 Å². The SMILES string of the molecule is COCCN1C(=O)S/C(=C/c2cccc(OCc3c(F)cccc3Cl)c2)C1=O. The molecule has 2 aromatic rings. The molecule has 0 unspecified atom stereocenters. The number of hydrogen-bond donors (Lipinski definition) is 0. The third-order valence-electron chi connectivity index (χ3n) is 3.99. The number of carbonyl (C=O) groups excluding carboxylic acids is 2. The zero-order valence-electron chi connectivity index (χ0n) is 15.0.